The Hall–Kier alpha value is 2.84. The van der Waals surface area contributed by atoms with Crippen molar-refractivity contribution in [1.29, 1.82) is 0 Å². The molecule has 0 rings (SSSR count). The van der Waals surface area contributed by atoms with Crippen molar-refractivity contribution in [3.05, 3.63) is 0 Å². The van der Waals surface area contributed by atoms with Crippen molar-refractivity contribution in [2.45, 2.75) is 62.8 Å². The molecule has 19 heavy (non-hydrogen) atoms. The van der Waals surface area contributed by atoms with Crippen LogP contribution in [0, 0.1) is 0 Å². The minimum Gasteiger partial charge on any atom is -0.381 e. The summed E-state index contributed by atoms with van der Waals surface area (Å²) in [5, 5.41) is 10.1. The Labute approximate surface area is 167 Å². The largest absolute Gasteiger partial charge is 0.381 e. The van der Waals surface area contributed by atoms with E-state index in [1.54, 1.807) is 0 Å². The van der Waals surface area contributed by atoms with Crippen molar-refractivity contribution >= 4 is 95.6 Å². The number of hydrogen-bond donors (Lipinski definition) is 1. The highest BCUT2D eigenvalue weighted by Crippen LogP contribution is 2.33. The van der Waals surface area contributed by atoms with Crippen molar-refractivity contribution in [2.24, 2.45) is 0 Å². The molecule has 0 radical (unpaired) electrons. The van der Waals surface area contributed by atoms with Crippen molar-refractivity contribution in [3.8, 4) is 0 Å². The molecule has 0 aromatic rings. The average molecular weight is 660 g/mol. The lowest BCUT2D eigenvalue weighted by Crippen LogP contribution is -2.35. The Morgan fingerprint density at radius 2 is 1.21 bits per heavy atom. The van der Waals surface area contributed by atoms with Crippen molar-refractivity contribution in [2.75, 3.05) is 5.33 Å². The van der Waals surface area contributed by atoms with Gasteiger partial charge in [0.25, 0.3) is 0 Å². The van der Waals surface area contributed by atoms with Gasteiger partial charge in [-0.1, -0.05) is 121 Å². The summed E-state index contributed by atoms with van der Waals surface area (Å²) in [4.78, 5) is 0.793. The van der Waals surface area contributed by atoms with Gasteiger partial charge in [0.2, 0.25) is 0 Å². The van der Waals surface area contributed by atoms with Gasteiger partial charge in [-0.2, -0.15) is 0 Å². The second-order valence-corrected chi connectivity index (χ2v) is 10.5. The van der Waals surface area contributed by atoms with E-state index in [-0.39, 0.29) is 14.5 Å². The molecular weight excluding hydrogens is 640 g/mol. The molecule has 0 amide bonds. The zero-order chi connectivity index (χ0) is 14.8. The summed E-state index contributed by atoms with van der Waals surface area (Å²) in [6.45, 7) is 0. The van der Waals surface area contributed by atoms with Crippen LogP contribution in [-0.4, -0.2) is 34.8 Å². The second kappa shape index (κ2) is 13.3. The fourth-order valence-corrected chi connectivity index (χ4v) is 5.84. The second-order valence-electron chi connectivity index (χ2n) is 4.47. The molecule has 0 saturated carbocycles. The molecule has 116 valence electrons. The van der Waals surface area contributed by atoms with Crippen LogP contribution in [0.15, 0.2) is 0 Å². The molecule has 5 unspecified atom stereocenters. The highest BCUT2D eigenvalue weighted by molar-refractivity contribution is 9.15. The molecule has 0 aliphatic carbocycles. The van der Waals surface area contributed by atoms with E-state index >= 15 is 0 Å². The lowest BCUT2D eigenvalue weighted by molar-refractivity contribution is 0.266. The van der Waals surface area contributed by atoms with Gasteiger partial charge in [0, 0.05) is 19.8 Å². The predicted octanol–water partition coefficient (Wildman–Crippen LogP) is 6.49. The van der Waals surface area contributed by atoms with Crippen LogP contribution in [0.3, 0.4) is 0 Å². The minimum atomic E-state index is -0.555. The van der Waals surface area contributed by atoms with Crippen LogP contribution >= 0.6 is 95.6 Å². The third-order valence-electron chi connectivity index (χ3n) is 2.83. The maximum absolute atomic E-state index is 9.52. The van der Waals surface area contributed by atoms with Crippen LogP contribution in [0.25, 0.3) is 0 Å². The average Bonchev–Trinajstić information content (AvgIpc) is 2.39. The van der Waals surface area contributed by atoms with Gasteiger partial charge in [-0.3, -0.25) is 0 Å². The molecule has 5 atom stereocenters. The third-order valence-corrected chi connectivity index (χ3v) is 11.2. The number of aliphatic hydroxyl groups excluding tert-OH is 1. The van der Waals surface area contributed by atoms with E-state index < -0.39 is 5.01 Å². The minimum absolute atomic E-state index is 0.0316. The van der Waals surface area contributed by atoms with Crippen LogP contribution < -0.4 is 0 Å². The molecule has 7 heteroatoms. The molecule has 0 aliphatic rings. The van der Waals surface area contributed by atoms with Gasteiger partial charge in [-0.15, -0.1) is 0 Å². The fraction of sp³-hybridized carbons (Fsp3) is 1.00. The summed E-state index contributed by atoms with van der Waals surface area (Å²) < 4.78 is 0. The maximum atomic E-state index is 9.52. The molecule has 0 spiro atoms. The van der Waals surface area contributed by atoms with Gasteiger partial charge < -0.3 is 5.11 Å². The summed E-state index contributed by atoms with van der Waals surface area (Å²) in [5.74, 6) is 0. The standard InChI is InChI=1S/C12H20Br6O/c13-7-5-3-1-2-4-6-8(14)9(15)10(16)11(17)12(18)19/h8-12,19H,1-7H2. The van der Waals surface area contributed by atoms with E-state index in [1.165, 1.54) is 32.1 Å². The van der Waals surface area contributed by atoms with Gasteiger partial charge in [0.15, 0.2) is 0 Å². The molecule has 0 saturated heterocycles. The summed E-state index contributed by atoms with van der Waals surface area (Å²) in [5.41, 5.74) is 0. The number of aliphatic hydroxyl groups is 1. The number of unbranched alkanes of at least 4 members (excludes halogenated alkanes) is 4. The van der Waals surface area contributed by atoms with Crippen LogP contribution in [0.2, 0.25) is 0 Å². The molecule has 1 nitrogen and oxygen atoms in total. The molecule has 1 N–H and O–H groups in total. The molecule has 0 aromatic carbocycles. The predicted molar refractivity (Wildman–Crippen MR) is 107 cm³/mol. The van der Waals surface area contributed by atoms with E-state index in [4.69, 9.17) is 0 Å². The maximum Gasteiger partial charge on any atom is 0.122 e. The molecular formula is C12H20Br6O. The number of hydrogen-bond acceptors (Lipinski definition) is 1. The van der Waals surface area contributed by atoms with E-state index in [0.717, 1.165) is 11.8 Å². The number of alkyl halides is 6. The SMILES string of the molecule is OC(Br)C(Br)C(Br)C(Br)C(Br)CCCCCCCBr. The van der Waals surface area contributed by atoms with E-state index in [2.05, 4.69) is 95.6 Å². The van der Waals surface area contributed by atoms with Gasteiger partial charge in [0.1, 0.15) is 5.01 Å². The van der Waals surface area contributed by atoms with E-state index in [9.17, 15) is 5.11 Å². The van der Waals surface area contributed by atoms with E-state index in [0.29, 0.717) is 4.83 Å². The van der Waals surface area contributed by atoms with Crippen LogP contribution in [-0.2, 0) is 0 Å². The zero-order valence-corrected chi connectivity index (χ0v) is 20.1. The monoisotopic (exact) mass is 654 g/mol. The normalized spacial score (nSPS) is 19.7. The lowest BCUT2D eigenvalue weighted by Gasteiger charge is -2.26. The quantitative estimate of drug-likeness (QED) is 0.199. The smallest absolute Gasteiger partial charge is 0.122 e. The highest BCUT2D eigenvalue weighted by Gasteiger charge is 2.31. The number of rotatable bonds is 11. The van der Waals surface area contributed by atoms with Gasteiger partial charge in [-0.25, -0.2) is 0 Å². The van der Waals surface area contributed by atoms with E-state index in [1.807, 2.05) is 0 Å². The summed E-state index contributed by atoms with van der Waals surface area (Å²) in [7, 11) is 0. The highest BCUT2D eigenvalue weighted by atomic mass is 79.9. The fourth-order valence-electron chi connectivity index (χ4n) is 1.65. The Morgan fingerprint density at radius 3 is 1.74 bits per heavy atom. The molecule has 0 heterocycles. The summed E-state index contributed by atoms with van der Waals surface area (Å²) >= 11 is 21.2. The molecule has 0 bridgehead atoms. The third kappa shape index (κ3) is 10.3. The van der Waals surface area contributed by atoms with Crippen LogP contribution in [0.4, 0.5) is 0 Å². The first-order valence-corrected chi connectivity index (χ1v) is 12.1. The zero-order valence-electron chi connectivity index (χ0n) is 10.6. The first-order chi connectivity index (χ1) is 8.91. The van der Waals surface area contributed by atoms with Gasteiger partial charge >= 0.3 is 0 Å². The Bertz CT molecular complexity index is 216. The topological polar surface area (TPSA) is 20.2 Å². The Balaban J connectivity index is 3.83. The molecule has 0 aliphatic heterocycles. The van der Waals surface area contributed by atoms with Crippen molar-refractivity contribution < 1.29 is 5.11 Å². The molecule has 0 fully saturated rings. The van der Waals surface area contributed by atoms with Gasteiger partial charge in [-0.05, 0) is 12.8 Å². The van der Waals surface area contributed by atoms with Gasteiger partial charge in [0.05, 0.1) is 4.83 Å². The first-order valence-electron chi connectivity index (χ1n) is 6.36. The first kappa shape index (κ1) is 21.8. The summed E-state index contributed by atoms with van der Waals surface area (Å²) in [6, 6.07) is 0. The lowest BCUT2D eigenvalue weighted by atomic mass is 10.1. The Kier molecular flexibility index (Phi) is 15.3. The van der Waals surface area contributed by atoms with Crippen molar-refractivity contribution in [1.82, 2.24) is 0 Å². The van der Waals surface area contributed by atoms with Crippen LogP contribution in [0.5, 0.6) is 0 Å². The number of halogens is 6. The van der Waals surface area contributed by atoms with Crippen molar-refractivity contribution in [3.63, 3.8) is 0 Å². The Morgan fingerprint density at radius 1 is 0.684 bits per heavy atom. The summed E-state index contributed by atoms with van der Waals surface area (Å²) in [6.07, 6.45) is 7.58. The molecule has 0 aromatic heterocycles. The van der Waals surface area contributed by atoms with Crippen LogP contribution in [0.1, 0.15) is 38.5 Å².